The lowest BCUT2D eigenvalue weighted by molar-refractivity contribution is 0.0912. The summed E-state index contributed by atoms with van der Waals surface area (Å²) in [5, 5.41) is 11.7. The molecule has 1 amide bonds. The van der Waals surface area contributed by atoms with Gasteiger partial charge in [0.15, 0.2) is 0 Å². The van der Waals surface area contributed by atoms with E-state index in [0.717, 1.165) is 25.9 Å². The molecule has 0 atom stereocenters. The van der Waals surface area contributed by atoms with Gasteiger partial charge in [0.25, 0.3) is 5.91 Å². The third kappa shape index (κ3) is 3.05. The molecule has 0 unspecified atom stereocenters. The van der Waals surface area contributed by atoms with Crippen LogP contribution in [0, 0.1) is 11.3 Å². The second kappa shape index (κ2) is 5.61. The summed E-state index contributed by atoms with van der Waals surface area (Å²) in [5.41, 5.74) is 0.770. The summed E-state index contributed by atoms with van der Waals surface area (Å²) in [4.78, 5) is 18.2. The maximum absolute atomic E-state index is 12.0. The van der Waals surface area contributed by atoms with E-state index in [0.29, 0.717) is 11.3 Å². The van der Waals surface area contributed by atoms with Gasteiger partial charge < -0.3 is 10.2 Å². The number of piperidine rings is 1. The van der Waals surface area contributed by atoms with E-state index < -0.39 is 0 Å². The van der Waals surface area contributed by atoms with Crippen LogP contribution in [-0.2, 0) is 0 Å². The van der Waals surface area contributed by atoms with E-state index in [-0.39, 0.29) is 11.9 Å². The highest BCUT2D eigenvalue weighted by molar-refractivity contribution is 5.92. The minimum absolute atomic E-state index is 0.193. The molecule has 18 heavy (non-hydrogen) atoms. The van der Waals surface area contributed by atoms with Crippen LogP contribution in [0.2, 0.25) is 0 Å². The Morgan fingerprint density at radius 2 is 2.28 bits per heavy atom. The highest BCUT2D eigenvalue weighted by Gasteiger charge is 2.19. The number of carbonyl (C=O) groups excluding carboxylic acids is 1. The molecule has 1 aliphatic heterocycles. The minimum Gasteiger partial charge on any atom is -0.348 e. The van der Waals surface area contributed by atoms with Crippen LogP contribution < -0.4 is 5.32 Å². The van der Waals surface area contributed by atoms with Crippen LogP contribution in [0.5, 0.6) is 0 Å². The summed E-state index contributed by atoms with van der Waals surface area (Å²) in [7, 11) is 2.08. The minimum atomic E-state index is -0.193. The van der Waals surface area contributed by atoms with E-state index in [2.05, 4.69) is 22.2 Å². The number of carbonyl (C=O) groups is 1. The Bertz CT molecular complexity index is 472. The largest absolute Gasteiger partial charge is 0.348 e. The molecular formula is C13H16N4O. The van der Waals surface area contributed by atoms with Gasteiger partial charge in [-0.05, 0) is 45.1 Å². The van der Waals surface area contributed by atoms with E-state index >= 15 is 0 Å². The normalized spacial score (nSPS) is 17.1. The summed E-state index contributed by atoms with van der Waals surface area (Å²) in [5.74, 6) is -0.193. The standard InChI is InChI=1S/C13H16N4O/c1-17-6-3-11(4-7-17)16-13(18)12-8-10(9-14)2-5-15-12/h2,5,8,11H,3-4,6-7H2,1H3,(H,16,18). The molecule has 0 aliphatic carbocycles. The molecule has 1 aromatic heterocycles. The number of hydrogen-bond acceptors (Lipinski definition) is 4. The van der Waals surface area contributed by atoms with Gasteiger partial charge in [-0.3, -0.25) is 9.78 Å². The van der Waals surface area contributed by atoms with Crippen LogP contribution in [0.1, 0.15) is 28.9 Å². The highest BCUT2D eigenvalue weighted by Crippen LogP contribution is 2.09. The molecule has 0 bridgehead atoms. The first-order valence-electron chi connectivity index (χ1n) is 6.04. The second-order valence-electron chi connectivity index (χ2n) is 4.59. The molecule has 0 aromatic carbocycles. The summed E-state index contributed by atoms with van der Waals surface area (Å²) in [6.07, 6.45) is 3.41. The first kappa shape index (κ1) is 12.5. The Labute approximate surface area is 106 Å². The molecule has 1 fully saturated rings. The Kier molecular flexibility index (Phi) is 3.90. The number of nitriles is 1. The van der Waals surface area contributed by atoms with Crippen LogP contribution in [0.15, 0.2) is 18.3 Å². The monoisotopic (exact) mass is 244 g/mol. The number of nitrogens with one attached hydrogen (secondary N) is 1. The Balaban J connectivity index is 1.97. The van der Waals surface area contributed by atoms with Gasteiger partial charge in [-0.1, -0.05) is 0 Å². The predicted molar refractivity (Wildman–Crippen MR) is 66.9 cm³/mol. The topological polar surface area (TPSA) is 69.0 Å². The molecule has 1 aliphatic rings. The Morgan fingerprint density at radius 1 is 1.56 bits per heavy atom. The Morgan fingerprint density at radius 3 is 2.94 bits per heavy atom. The number of aromatic nitrogens is 1. The van der Waals surface area contributed by atoms with Crippen molar-refractivity contribution in [2.24, 2.45) is 0 Å². The van der Waals surface area contributed by atoms with Crippen LogP contribution in [0.3, 0.4) is 0 Å². The summed E-state index contributed by atoms with van der Waals surface area (Å²) in [6.45, 7) is 1.99. The molecular weight excluding hydrogens is 228 g/mol. The molecule has 2 rings (SSSR count). The van der Waals surface area contributed by atoms with Crippen molar-refractivity contribution in [3.05, 3.63) is 29.6 Å². The first-order chi connectivity index (χ1) is 8.69. The first-order valence-corrected chi connectivity index (χ1v) is 6.04. The second-order valence-corrected chi connectivity index (χ2v) is 4.59. The fraction of sp³-hybridized carbons (Fsp3) is 0.462. The van der Waals surface area contributed by atoms with Gasteiger partial charge in [0.1, 0.15) is 5.69 Å². The smallest absolute Gasteiger partial charge is 0.270 e. The molecule has 0 radical (unpaired) electrons. The van der Waals surface area contributed by atoms with E-state index in [1.165, 1.54) is 12.3 Å². The lowest BCUT2D eigenvalue weighted by atomic mass is 10.1. The van der Waals surface area contributed by atoms with Crippen molar-refractivity contribution in [3.63, 3.8) is 0 Å². The van der Waals surface area contributed by atoms with Crippen LogP contribution >= 0.6 is 0 Å². The molecule has 94 valence electrons. The predicted octanol–water partition coefficient (Wildman–Crippen LogP) is 0.777. The third-order valence-electron chi connectivity index (χ3n) is 3.18. The van der Waals surface area contributed by atoms with Crippen molar-refractivity contribution in [2.45, 2.75) is 18.9 Å². The van der Waals surface area contributed by atoms with Gasteiger partial charge in [-0.25, -0.2) is 0 Å². The lowest BCUT2D eigenvalue weighted by Crippen LogP contribution is -2.43. The van der Waals surface area contributed by atoms with Crippen molar-refractivity contribution in [1.29, 1.82) is 5.26 Å². The molecule has 1 saturated heterocycles. The Hall–Kier alpha value is -1.93. The van der Waals surface area contributed by atoms with Gasteiger partial charge in [-0.2, -0.15) is 5.26 Å². The van der Waals surface area contributed by atoms with E-state index in [1.54, 1.807) is 6.07 Å². The zero-order chi connectivity index (χ0) is 13.0. The number of nitrogens with zero attached hydrogens (tertiary/aromatic N) is 3. The maximum atomic E-state index is 12.0. The van der Waals surface area contributed by atoms with Crippen LogP contribution in [0.25, 0.3) is 0 Å². The van der Waals surface area contributed by atoms with Crippen molar-refractivity contribution >= 4 is 5.91 Å². The zero-order valence-electron chi connectivity index (χ0n) is 10.4. The number of hydrogen-bond donors (Lipinski definition) is 1. The zero-order valence-corrected chi connectivity index (χ0v) is 10.4. The summed E-state index contributed by atoms with van der Waals surface area (Å²) in [6, 6.07) is 5.32. The molecule has 0 spiro atoms. The van der Waals surface area contributed by atoms with Gasteiger partial charge in [-0.15, -0.1) is 0 Å². The van der Waals surface area contributed by atoms with E-state index in [1.807, 2.05) is 6.07 Å². The molecule has 2 heterocycles. The molecule has 0 saturated carbocycles. The average Bonchev–Trinajstić information content (AvgIpc) is 2.41. The lowest BCUT2D eigenvalue weighted by Gasteiger charge is -2.29. The van der Waals surface area contributed by atoms with E-state index in [4.69, 9.17) is 5.26 Å². The fourth-order valence-corrected chi connectivity index (χ4v) is 2.04. The number of likely N-dealkylation sites (tertiary alicyclic amines) is 1. The van der Waals surface area contributed by atoms with Gasteiger partial charge >= 0.3 is 0 Å². The third-order valence-corrected chi connectivity index (χ3v) is 3.18. The van der Waals surface area contributed by atoms with Crippen molar-refractivity contribution in [2.75, 3.05) is 20.1 Å². The number of rotatable bonds is 2. The number of amides is 1. The quantitative estimate of drug-likeness (QED) is 0.834. The van der Waals surface area contributed by atoms with Crippen LogP contribution in [0.4, 0.5) is 0 Å². The molecule has 1 aromatic rings. The van der Waals surface area contributed by atoms with Crippen molar-refractivity contribution < 1.29 is 4.79 Å². The average molecular weight is 244 g/mol. The maximum Gasteiger partial charge on any atom is 0.270 e. The summed E-state index contributed by atoms with van der Waals surface area (Å²) >= 11 is 0. The highest BCUT2D eigenvalue weighted by atomic mass is 16.1. The summed E-state index contributed by atoms with van der Waals surface area (Å²) < 4.78 is 0. The van der Waals surface area contributed by atoms with Crippen molar-refractivity contribution in [1.82, 2.24) is 15.2 Å². The van der Waals surface area contributed by atoms with Gasteiger partial charge in [0.05, 0.1) is 11.6 Å². The van der Waals surface area contributed by atoms with E-state index in [9.17, 15) is 4.79 Å². The van der Waals surface area contributed by atoms with Crippen molar-refractivity contribution in [3.8, 4) is 6.07 Å². The molecule has 5 nitrogen and oxygen atoms in total. The van der Waals surface area contributed by atoms with Gasteiger partial charge in [0.2, 0.25) is 0 Å². The number of pyridine rings is 1. The fourth-order valence-electron chi connectivity index (χ4n) is 2.04. The van der Waals surface area contributed by atoms with Crippen LogP contribution in [-0.4, -0.2) is 42.0 Å². The SMILES string of the molecule is CN1CCC(NC(=O)c2cc(C#N)ccn2)CC1. The van der Waals surface area contributed by atoms with Gasteiger partial charge in [0, 0.05) is 12.2 Å². The molecule has 5 heteroatoms. The molecule has 1 N–H and O–H groups in total.